The number of nitro groups is 1. The predicted octanol–water partition coefficient (Wildman–Crippen LogP) is 4.33. The van der Waals surface area contributed by atoms with Crippen molar-refractivity contribution in [1.82, 2.24) is 0 Å². The highest BCUT2D eigenvalue weighted by Gasteiger charge is 2.16. The highest BCUT2D eigenvalue weighted by molar-refractivity contribution is 7.91. The van der Waals surface area contributed by atoms with Crippen LogP contribution in [0.2, 0.25) is 0 Å². The van der Waals surface area contributed by atoms with Crippen molar-refractivity contribution in [3.63, 3.8) is 0 Å². The van der Waals surface area contributed by atoms with Gasteiger partial charge in [-0.15, -0.1) is 0 Å². The molecule has 0 radical (unpaired) electrons. The van der Waals surface area contributed by atoms with Crippen LogP contribution in [-0.4, -0.2) is 13.3 Å². The number of non-ortho nitro benzene ring substituents is 1. The molecule has 0 heterocycles. The van der Waals surface area contributed by atoms with Crippen molar-refractivity contribution < 1.29 is 18.1 Å². The summed E-state index contributed by atoms with van der Waals surface area (Å²) >= 11 is 0. The summed E-state index contributed by atoms with van der Waals surface area (Å²) in [7, 11) is -3.80. The summed E-state index contributed by atoms with van der Waals surface area (Å²) in [5.74, 6) is 0.531. The molecule has 0 aliphatic carbocycles. The standard InChI is InChI=1S/C19H16N2O5S/c22-21(23)16-8-6-7-15(13-16)14-27(24,25)20-18-11-4-5-12-19(18)26-17-9-2-1-3-10-17/h1-13,20H,14H2. The van der Waals surface area contributed by atoms with Gasteiger partial charge in [-0.2, -0.15) is 0 Å². The van der Waals surface area contributed by atoms with E-state index in [0.717, 1.165) is 0 Å². The molecule has 27 heavy (non-hydrogen) atoms. The van der Waals surface area contributed by atoms with E-state index in [2.05, 4.69) is 4.72 Å². The molecule has 7 nitrogen and oxygen atoms in total. The van der Waals surface area contributed by atoms with Gasteiger partial charge < -0.3 is 4.74 Å². The summed E-state index contributed by atoms with van der Waals surface area (Å²) < 4.78 is 33.3. The molecule has 3 aromatic carbocycles. The third-order valence-electron chi connectivity index (χ3n) is 3.60. The van der Waals surface area contributed by atoms with Crippen LogP contribution in [0.3, 0.4) is 0 Å². The number of nitro benzene ring substituents is 1. The Hall–Kier alpha value is -3.39. The first-order chi connectivity index (χ1) is 12.9. The zero-order valence-corrected chi connectivity index (χ0v) is 14.9. The fourth-order valence-corrected chi connectivity index (χ4v) is 3.63. The number of para-hydroxylation sites is 3. The van der Waals surface area contributed by atoms with Crippen LogP contribution in [0.15, 0.2) is 78.9 Å². The smallest absolute Gasteiger partial charge is 0.269 e. The maximum absolute atomic E-state index is 12.5. The molecular weight excluding hydrogens is 368 g/mol. The summed E-state index contributed by atoms with van der Waals surface area (Å²) in [4.78, 5) is 10.3. The van der Waals surface area contributed by atoms with E-state index in [1.54, 1.807) is 36.4 Å². The normalized spacial score (nSPS) is 11.0. The van der Waals surface area contributed by atoms with E-state index in [9.17, 15) is 18.5 Å². The minimum Gasteiger partial charge on any atom is -0.455 e. The first-order valence-electron chi connectivity index (χ1n) is 7.99. The lowest BCUT2D eigenvalue weighted by molar-refractivity contribution is -0.384. The van der Waals surface area contributed by atoms with Crippen LogP contribution >= 0.6 is 0 Å². The molecule has 138 valence electrons. The van der Waals surface area contributed by atoms with Crippen molar-refractivity contribution in [2.45, 2.75) is 5.75 Å². The fourth-order valence-electron chi connectivity index (χ4n) is 2.44. The summed E-state index contributed by atoms with van der Waals surface area (Å²) in [6, 6.07) is 21.2. The van der Waals surface area contributed by atoms with Crippen LogP contribution < -0.4 is 9.46 Å². The van der Waals surface area contributed by atoms with Gasteiger partial charge in [0.25, 0.3) is 5.69 Å². The van der Waals surface area contributed by atoms with Gasteiger partial charge >= 0.3 is 0 Å². The summed E-state index contributed by atoms with van der Waals surface area (Å²) in [5, 5.41) is 10.9. The van der Waals surface area contributed by atoms with E-state index >= 15 is 0 Å². The number of benzene rings is 3. The molecule has 3 aromatic rings. The van der Waals surface area contributed by atoms with E-state index in [-0.39, 0.29) is 11.4 Å². The first-order valence-corrected chi connectivity index (χ1v) is 9.64. The maximum atomic E-state index is 12.5. The van der Waals surface area contributed by atoms with Crippen molar-refractivity contribution in [3.8, 4) is 11.5 Å². The van der Waals surface area contributed by atoms with Gasteiger partial charge in [0.05, 0.1) is 16.4 Å². The fraction of sp³-hybridized carbons (Fsp3) is 0.0526. The average Bonchev–Trinajstić information content (AvgIpc) is 2.64. The second-order valence-corrected chi connectivity index (χ2v) is 7.42. The zero-order valence-electron chi connectivity index (χ0n) is 14.1. The largest absolute Gasteiger partial charge is 0.455 e. The molecule has 3 rings (SSSR count). The van der Waals surface area contributed by atoms with E-state index in [1.807, 2.05) is 18.2 Å². The Balaban J connectivity index is 1.80. The third-order valence-corrected chi connectivity index (χ3v) is 4.85. The molecule has 0 aliphatic heterocycles. The molecule has 8 heteroatoms. The molecule has 0 saturated heterocycles. The number of ether oxygens (including phenoxy) is 1. The number of nitrogens with zero attached hydrogens (tertiary/aromatic N) is 1. The molecule has 0 fully saturated rings. The van der Waals surface area contributed by atoms with Gasteiger partial charge in [-0.05, 0) is 29.8 Å². The van der Waals surface area contributed by atoms with E-state index in [0.29, 0.717) is 17.1 Å². The highest BCUT2D eigenvalue weighted by atomic mass is 32.2. The number of rotatable bonds is 7. The van der Waals surface area contributed by atoms with Crippen LogP contribution in [0.5, 0.6) is 11.5 Å². The van der Waals surface area contributed by atoms with Crippen LogP contribution in [0.1, 0.15) is 5.56 Å². The Morgan fingerprint density at radius 2 is 1.63 bits per heavy atom. The molecule has 0 spiro atoms. The SMILES string of the molecule is O=[N+]([O-])c1cccc(CS(=O)(=O)Nc2ccccc2Oc2ccccc2)c1. The molecule has 0 amide bonds. The number of sulfonamides is 1. The van der Waals surface area contributed by atoms with Crippen LogP contribution in [0.4, 0.5) is 11.4 Å². The quantitative estimate of drug-likeness (QED) is 0.483. The van der Waals surface area contributed by atoms with Crippen molar-refractivity contribution in [2.75, 3.05) is 4.72 Å². The van der Waals surface area contributed by atoms with Gasteiger partial charge in [0, 0.05) is 12.1 Å². The molecule has 0 atom stereocenters. The second kappa shape index (κ2) is 7.88. The number of hydrogen-bond donors (Lipinski definition) is 1. The minimum absolute atomic E-state index is 0.157. The third kappa shape index (κ3) is 5.05. The van der Waals surface area contributed by atoms with E-state index in [1.165, 1.54) is 24.3 Å². The molecule has 0 saturated carbocycles. The topological polar surface area (TPSA) is 98.5 Å². The summed E-state index contributed by atoms with van der Waals surface area (Å²) in [5.41, 5.74) is 0.445. The Morgan fingerprint density at radius 1 is 0.926 bits per heavy atom. The second-order valence-electron chi connectivity index (χ2n) is 5.70. The maximum Gasteiger partial charge on any atom is 0.269 e. The van der Waals surface area contributed by atoms with Crippen LogP contribution in [0.25, 0.3) is 0 Å². The van der Waals surface area contributed by atoms with Crippen LogP contribution in [0, 0.1) is 10.1 Å². The predicted molar refractivity (Wildman–Crippen MR) is 102 cm³/mol. The van der Waals surface area contributed by atoms with Gasteiger partial charge in [-0.25, -0.2) is 8.42 Å². The number of hydrogen-bond acceptors (Lipinski definition) is 5. The first kappa shape index (κ1) is 18.4. The van der Waals surface area contributed by atoms with Gasteiger partial charge in [-0.3, -0.25) is 14.8 Å². The average molecular weight is 384 g/mol. The highest BCUT2D eigenvalue weighted by Crippen LogP contribution is 2.30. The lowest BCUT2D eigenvalue weighted by Gasteiger charge is -2.13. The van der Waals surface area contributed by atoms with Crippen molar-refractivity contribution in [2.24, 2.45) is 0 Å². The van der Waals surface area contributed by atoms with Gasteiger partial charge in [-0.1, -0.05) is 42.5 Å². The van der Waals surface area contributed by atoms with Crippen molar-refractivity contribution >= 4 is 21.4 Å². The van der Waals surface area contributed by atoms with Gasteiger partial charge in [0.1, 0.15) is 5.75 Å². The molecular formula is C19H16N2O5S. The molecule has 0 bridgehead atoms. The molecule has 1 N–H and O–H groups in total. The zero-order chi connectivity index (χ0) is 19.3. The lowest BCUT2D eigenvalue weighted by Crippen LogP contribution is -2.15. The van der Waals surface area contributed by atoms with Crippen molar-refractivity contribution in [1.29, 1.82) is 0 Å². The number of nitrogens with one attached hydrogen (secondary N) is 1. The Labute approximate surface area is 156 Å². The molecule has 0 aliphatic rings. The number of anilines is 1. The van der Waals surface area contributed by atoms with E-state index in [4.69, 9.17) is 4.74 Å². The lowest BCUT2D eigenvalue weighted by atomic mass is 10.2. The minimum atomic E-state index is -3.80. The van der Waals surface area contributed by atoms with E-state index < -0.39 is 20.7 Å². The summed E-state index contributed by atoms with van der Waals surface area (Å²) in [6.07, 6.45) is 0. The van der Waals surface area contributed by atoms with Crippen LogP contribution in [-0.2, 0) is 15.8 Å². The Morgan fingerprint density at radius 3 is 2.37 bits per heavy atom. The molecule has 0 aromatic heterocycles. The Bertz CT molecular complexity index is 1050. The molecule has 0 unspecified atom stereocenters. The van der Waals surface area contributed by atoms with Crippen molar-refractivity contribution in [3.05, 3.63) is 94.5 Å². The van der Waals surface area contributed by atoms with Gasteiger partial charge in [0.2, 0.25) is 10.0 Å². The van der Waals surface area contributed by atoms with Gasteiger partial charge in [0.15, 0.2) is 5.75 Å². The monoisotopic (exact) mass is 384 g/mol. The summed E-state index contributed by atoms with van der Waals surface area (Å²) in [6.45, 7) is 0. The Kier molecular flexibility index (Phi) is 5.37.